The van der Waals surface area contributed by atoms with E-state index in [0.717, 1.165) is 24.8 Å². The highest BCUT2D eigenvalue weighted by Crippen LogP contribution is 2.08. The van der Waals surface area contributed by atoms with Crippen LogP contribution in [0, 0.1) is 0 Å². The molecule has 4 nitrogen and oxygen atoms in total. The second-order valence-electron chi connectivity index (χ2n) is 4.68. The molecule has 4 heteroatoms. The Morgan fingerprint density at radius 3 is 2.43 bits per heavy atom. The van der Waals surface area contributed by atoms with Crippen LogP contribution in [0.3, 0.4) is 0 Å². The van der Waals surface area contributed by atoms with Gasteiger partial charge in [0.15, 0.2) is 0 Å². The van der Waals surface area contributed by atoms with Crippen molar-refractivity contribution in [2.24, 2.45) is 0 Å². The van der Waals surface area contributed by atoms with Crippen molar-refractivity contribution in [2.75, 3.05) is 13.7 Å². The molecule has 0 radical (unpaired) electrons. The first kappa shape index (κ1) is 17.0. The molecule has 0 aliphatic carbocycles. The first-order valence-corrected chi connectivity index (χ1v) is 7.20. The van der Waals surface area contributed by atoms with Crippen molar-refractivity contribution < 1.29 is 19.1 Å². The average Bonchev–Trinajstić information content (AvgIpc) is 2.52. The van der Waals surface area contributed by atoms with Crippen molar-refractivity contribution in [3.8, 4) is 0 Å². The van der Waals surface area contributed by atoms with Gasteiger partial charge in [-0.05, 0) is 30.2 Å². The minimum atomic E-state index is -0.412. The molecule has 0 amide bonds. The summed E-state index contributed by atoms with van der Waals surface area (Å²) in [7, 11) is 1.33. The molecule has 114 valence electrons. The zero-order valence-corrected chi connectivity index (χ0v) is 12.6. The fourth-order valence-electron chi connectivity index (χ4n) is 1.74. The molecule has 0 spiro atoms. The smallest absolute Gasteiger partial charge is 0.338 e. The molecule has 0 atom stereocenters. The van der Waals surface area contributed by atoms with Crippen LogP contribution in [-0.4, -0.2) is 25.7 Å². The van der Waals surface area contributed by atoms with E-state index >= 15 is 0 Å². The standard InChI is InChI=1S/C17H22O4/c1-3-4-5-6-13-21-17(19)15-10-7-14(8-11-15)9-12-16(18)20-2/h7-12H,3-6,13H2,1-2H3. The molecule has 0 aliphatic rings. The van der Waals surface area contributed by atoms with Gasteiger partial charge in [-0.2, -0.15) is 0 Å². The van der Waals surface area contributed by atoms with Gasteiger partial charge in [0.05, 0.1) is 19.3 Å². The molecule has 0 aromatic heterocycles. The molecule has 1 aromatic carbocycles. The van der Waals surface area contributed by atoms with E-state index in [1.807, 2.05) is 0 Å². The second kappa shape index (κ2) is 9.75. The van der Waals surface area contributed by atoms with Gasteiger partial charge in [0, 0.05) is 6.08 Å². The van der Waals surface area contributed by atoms with Crippen LogP contribution in [0.2, 0.25) is 0 Å². The Morgan fingerprint density at radius 2 is 1.81 bits per heavy atom. The number of carbonyl (C=O) groups is 2. The fraction of sp³-hybridized carbons (Fsp3) is 0.412. The van der Waals surface area contributed by atoms with Crippen molar-refractivity contribution in [3.63, 3.8) is 0 Å². The van der Waals surface area contributed by atoms with Gasteiger partial charge in [-0.1, -0.05) is 38.3 Å². The molecule has 1 rings (SSSR count). The van der Waals surface area contributed by atoms with Gasteiger partial charge in [0.25, 0.3) is 0 Å². The number of unbranched alkanes of at least 4 members (excludes halogenated alkanes) is 3. The van der Waals surface area contributed by atoms with Crippen LogP contribution >= 0.6 is 0 Å². The number of carbonyl (C=O) groups excluding carboxylic acids is 2. The van der Waals surface area contributed by atoms with Crippen LogP contribution in [0.25, 0.3) is 6.08 Å². The second-order valence-corrected chi connectivity index (χ2v) is 4.68. The van der Waals surface area contributed by atoms with Gasteiger partial charge >= 0.3 is 11.9 Å². The average molecular weight is 290 g/mol. The molecule has 0 N–H and O–H groups in total. The summed E-state index contributed by atoms with van der Waals surface area (Å²) in [6.45, 7) is 2.60. The molecule has 0 saturated heterocycles. The lowest BCUT2D eigenvalue weighted by atomic mass is 10.1. The van der Waals surface area contributed by atoms with Crippen molar-refractivity contribution >= 4 is 18.0 Å². The van der Waals surface area contributed by atoms with E-state index in [4.69, 9.17) is 4.74 Å². The number of benzene rings is 1. The molecule has 0 aliphatic heterocycles. The summed E-state index contributed by atoms with van der Waals surface area (Å²) < 4.78 is 9.71. The van der Waals surface area contributed by atoms with Crippen LogP contribution < -0.4 is 0 Å². The maximum absolute atomic E-state index is 11.8. The summed E-state index contributed by atoms with van der Waals surface area (Å²) in [5.41, 5.74) is 1.33. The molecule has 21 heavy (non-hydrogen) atoms. The number of hydrogen-bond acceptors (Lipinski definition) is 4. The third-order valence-electron chi connectivity index (χ3n) is 2.99. The van der Waals surface area contributed by atoms with Gasteiger partial charge in [0.2, 0.25) is 0 Å². The lowest BCUT2D eigenvalue weighted by Crippen LogP contribution is -2.06. The molecular formula is C17H22O4. The summed E-state index contributed by atoms with van der Waals surface area (Å²) in [6.07, 6.45) is 7.28. The zero-order chi connectivity index (χ0) is 15.5. The van der Waals surface area contributed by atoms with E-state index in [1.54, 1.807) is 30.3 Å². The molecule has 0 bridgehead atoms. The van der Waals surface area contributed by atoms with E-state index in [2.05, 4.69) is 11.7 Å². The maximum Gasteiger partial charge on any atom is 0.338 e. The lowest BCUT2D eigenvalue weighted by molar-refractivity contribution is -0.134. The van der Waals surface area contributed by atoms with E-state index in [0.29, 0.717) is 12.2 Å². The van der Waals surface area contributed by atoms with E-state index in [-0.39, 0.29) is 5.97 Å². The minimum absolute atomic E-state index is 0.310. The lowest BCUT2D eigenvalue weighted by Gasteiger charge is -2.04. The highest BCUT2D eigenvalue weighted by atomic mass is 16.5. The monoisotopic (exact) mass is 290 g/mol. The Kier molecular flexibility index (Phi) is 7.87. The zero-order valence-electron chi connectivity index (χ0n) is 12.6. The number of hydrogen-bond donors (Lipinski definition) is 0. The highest BCUT2D eigenvalue weighted by Gasteiger charge is 2.06. The summed E-state index contributed by atoms with van der Waals surface area (Å²) in [6, 6.07) is 6.89. The quantitative estimate of drug-likeness (QED) is 0.417. The third kappa shape index (κ3) is 6.75. The predicted molar refractivity (Wildman–Crippen MR) is 81.9 cm³/mol. The Bertz CT molecular complexity index is 474. The van der Waals surface area contributed by atoms with Crippen LogP contribution in [0.4, 0.5) is 0 Å². The molecule has 0 saturated carbocycles. The van der Waals surface area contributed by atoms with Crippen molar-refractivity contribution in [2.45, 2.75) is 32.6 Å². The summed E-state index contributed by atoms with van der Waals surface area (Å²) in [5.74, 6) is -0.722. The molecular weight excluding hydrogens is 268 g/mol. The van der Waals surface area contributed by atoms with Crippen LogP contribution in [0.5, 0.6) is 0 Å². The minimum Gasteiger partial charge on any atom is -0.466 e. The van der Waals surface area contributed by atoms with E-state index in [9.17, 15) is 9.59 Å². The predicted octanol–water partition coefficient (Wildman–Crippen LogP) is 3.61. The normalized spacial score (nSPS) is 10.6. The Labute approximate surface area is 125 Å². The van der Waals surface area contributed by atoms with Crippen LogP contribution in [0.1, 0.15) is 48.5 Å². The first-order chi connectivity index (χ1) is 10.2. The maximum atomic E-state index is 11.8. The first-order valence-electron chi connectivity index (χ1n) is 7.20. The summed E-state index contributed by atoms with van der Waals surface area (Å²) >= 11 is 0. The molecule has 0 fully saturated rings. The Morgan fingerprint density at radius 1 is 1.10 bits per heavy atom. The molecule has 1 aromatic rings. The molecule has 0 heterocycles. The topological polar surface area (TPSA) is 52.6 Å². The summed E-state index contributed by atoms with van der Waals surface area (Å²) in [4.78, 5) is 22.8. The summed E-state index contributed by atoms with van der Waals surface area (Å²) in [5, 5.41) is 0. The number of ether oxygens (including phenoxy) is 2. The fourth-order valence-corrected chi connectivity index (χ4v) is 1.74. The third-order valence-corrected chi connectivity index (χ3v) is 2.99. The van der Waals surface area contributed by atoms with Crippen LogP contribution in [0.15, 0.2) is 30.3 Å². The SMILES string of the molecule is CCCCCCOC(=O)c1ccc(C=CC(=O)OC)cc1. The number of rotatable bonds is 8. The largest absolute Gasteiger partial charge is 0.466 e. The van der Waals surface area contributed by atoms with Crippen molar-refractivity contribution in [1.82, 2.24) is 0 Å². The Balaban J connectivity index is 2.44. The number of methoxy groups -OCH3 is 1. The van der Waals surface area contributed by atoms with Gasteiger partial charge in [-0.25, -0.2) is 9.59 Å². The van der Waals surface area contributed by atoms with Crippen LogP contribution in [-0.2, 0) is 14.3 Å². The van der Waals surface area contributed by atoms with Gasteiger partial charge in [-0.3, -0.25) is 0 Å². The Hall–Kier alpha value is -2.10. The number of esters is 2. The van der Waals surface area contributed by atoms with E-state index in [1.165, 1.54) is 19.6 Å². The van der Waals surface area contributed by atoms with Gasteiger partial charge in [-0.15, -0.1) is 0 Å². The van der Waals surface area contributed by atoms with Gasteiger partial charge < -0.3 is 9.47 Å². The van der Waals surface area contributed by atoms with Crippen molar-refractivity contribution in [1.29, 1.82) is 0 Å². The van der Waals surface area contributed by atoms with Crippen molar-refractivity contribution in [3.05, 3.63) is 41.5 Å². The van der Waals surface area contributed by atoms with Gasteiger partial charge in [0.1, 0.15) is 0 Å². The molecule has 0 unspecified atom stereocenters. The van der Waals surface area contributed by atoms with E-state index < -0.39 is 5.97 Å². The highest BCUT2D eigenvalue weighted by molar-refractivity contribution is 5.90.